The third kappa shape index (κ3) is 4.55. The summed E-state index contributed by atoms with van der Waals surface area (Å²) < 4.78 is 4.47. The summed E-state index contributed by atoms with van der Waals surface area (Å²) in [6, 6.07) is 9.40. The van der Waals surface area contributed by atoms with Crippen molar-refractivity contribution in [2.45, 2.75) is 13.0 Å². The fourth-order valence-corrected chi connectivity index (χ4v) is 1.45. The average molecular weight is 251 g/mol. The van der Waals surface area contributed by atoms with Crippen molar-refractivity contribution in [1.29, 1.82) is 0 Å². The maximum Gasteiger partial charge on any atom is 0.306 e. The Morgan fingerprint density at radius 1 is 1.33 bits per heavy atom. The van der Waals surface area contributed by atoms with E-state index in [0.717, 1.165) is 5.56 Å². The lowest BCUT2D eigenvalue weighted by Crippen LogP contribution is -2.33. The van der Waals surface area contributed by atoms with Crippen LogP contribution < -0.4 is 5.32 Å². The number of esters is 1. The van der Waals surface area contributed by atoms with Gasteiger partial charge in [0.15, 0.2) is 0 Å². The molecule has 0 aliphatic rings. The Bertz CT molecular complexity index is 391. The molecule has 0 fully saturated rings. The van der Waals surface area contributed by atoms with Crippen LogP contribution in [0.2, 0.25) is 0 Å². The highest BCUT2D eigenvalue weighted by molar-refractivity contribution is 5.83. The van der Waals surface area contributed by atoms with Gasteiger partial charge in [0, 0.05) is 6.54 Å². The number of methoxy groups -OCH3 is 1. The molecule has 1 rings (SSSR count). The van der Waals surface area contributed by atoms with Crippen molar-refractivity contribution in [1.82, 2.24) is 5.32 Å². The zero-order valence-electron chi connectivity index (χ0n) is 10.3. The Balaban J connectivity index is 2.45. The Morgan fingerprint density at radius 2 is 2.00 bits per heavy atom. The minimum atomic E-state index is -0.763. The number of benzene rings is 1. The van der Waals surface area contributed by atoms with Crippen LogP contribution in [0.3, 0.4) is 0 Å². The van der Waals surface area contributed by atoms with Crippen LogP contribution >= 0.6 is 0 Å². The lowest BCUT2D eigenvalue weighted by Gasteiger charge is -2.13. The van der Waals surface area contributed by atoms with E-state index in [1.807, 2.05) is 30.3 Å². The summed E-state index contributed by atoms with van der Waals surface area (Å²) in [5, 5.41) is 11.7. The van der Waals surface area contributed by atoms with Gasteiger partial charge in [-0.15, -0.1) is 0 Å². The molecule has 1 aromatic carbocycles. The molecule has 1 amide bonds. The summed E-state index contributed by atoms with van der Waals surface area (Å²) in [6.45, 7) is -0.00688. The fourth-order valence-electron chi connectivity index (χ4n) is 1.45. The summed E-state index contributed by atoms with van der Waals surface area (Å²) in [4.78, 5) is 22.8. The summed E-state index contributed by atoms with van der Waals surface area (Å²) in [5.74, 6) is -1.63. The molecule has 0 radical (unpaired) electrons. The van der Waals surface area contributed by atoms with Crippen LogP contribution in [-0.2, 0) is 20.9 Å². The molecule has 0 aliphatic carbocycles. The summed E-state index contributed by atoms with van der Waals surface area (Å²) in [5.41, 5.74) is 0.959. The molecule has 5 heteroatoms. The summed E-state index contributed by atoms with van der Waals surface area (Å²) in [7, 11) is 1.25. The van der Waals surface area contributed by atoms with Crippen LogP contribution in [0.25, 0.3) is 0 Å². The van der Waals surface area contributed by atoms with Gasteiger partial charge in [0.1, 0.15) is 0 Å². The third-order valence-electron chi connectivity index (χ3n) is 2.54. The highest BCUT2D eigenvalue weighted by Crippen LogP contribution is 2.05. The summed E-state index contributed by atoms with van der Waals surface area (Å²) in [6.07, 6.45) is -0.117. The van der Waals surface area contributed by atoms with Crippen LogP contribution in [0.1, 0.15) is 12.0 Å². The normalized spacial score (nSPS) is 11.7. The van der Waals surface area contributed by atoms with Crippen molar-refractivity contribution in [2.24, 2.45) is 5.92 Å². The van der Waals surface area contributed by atoms with Crippen molar-refractivity contribution < 1.29 is 19.4 Å². The lowest BCUT2D eigenvalue weighted by atomic mass is 10.1. The molecule has 0 spiro atoms. The van der Waals surface area contributed by atoms with E-state index in [0.29, 0.717) is 6.54 Å². The number of rotatable bonds is 6. The fraction of sp³-hybridized carbons (Fsp3) is 0.385. The van der Waals surface area contributed by atoms with E-state index < -0.39 is 11.9 Å². The SMILES string of the molecule is COC(=O)C[C@H](CO)C(=O)NCc1ccccc1. The number of carbonyl (C=O) groups excluding carboxylic acids is 2. The molecule has 0 saturated heterocycles. The van der Waals surface area contributed by atoms with Gasteiger partial charge in [-0.2, -0.15) is 0 Å². The molecule has 5 nitrogen and oxygen atoms in total. The maximum atomic E-state index is 11.7. The first-order valence-electron chi connectivity index (χ1n) is 5.66. The first-order valence-corrected chi connectivity index (χ1v) is 5.66. The van der Waals surface area contributed by atoms with Gasteiger partial charge < -0.3 is 15.2 Å². The van der Waals surface area contributed by atoms with Crippen molar-refractivity contribution >= 4 is 11.9 Å². The number of ether oxygens (including phenoxy) is 1. The Kier molecular flexibility index (Phi) is 5.87. The highest BCUT2D eigenvalue weighted by atomic mass is 16.5. The Hall–Kier alpha value is -1.88. The second-order valence-corrected chi connectivity index (χ2v) is 3.86. The molecule has 0 unspecified atom stereocenters. The van der Waals surface area contributed by atoms with E-state index in [1.165, 1.54) is 7.11 Å². The van der Waals surface area contributed by atoms with Gasteiger partial charge in [0.05, 0.1) is 26.1 Å². The van der Waals surface area contributed by atoms with Gasteiger partial charge >= 0.3 is 5.97 Å². The van der Waals surface area contributed by atoms with E-state index in [9.17, 15) is 9.59 Å². The Labute approximate surface area is 106 Å². The molecule has 0 bridgehead atoms. The number of aliphatic hydroxyl groups excluding tert-OH is 1. The van der Waals surface area contributed by atoms with Crippen molar-refractivity contribution in [2.75, 3.05) is 13.7 Å². The number of amides is 1. The molecular formula is C13H17NO4. The van der Waals surface area contributed by atoms with E-state index in [2.05, 4.69) is 10.1 Å². The molecule has 0 heterocycles. The van der Waals surface area contributed by atoms with Crippen LogP contribution in [0.15, 0.2) is 30.3 Å². The van der Waals surface area contributed by atoms with Gasteiger partial charge in [-0.3, -0.25) is 9.59 Å². The van der Waals surface area contributed by atoms with Crippen LogP contribution in [0.5, 0.6) is 0 Å². The van der Waals surface area contributed by atoms with Crippen molar-refractivity contribution in [3.63, 3.8) is 0 Å². The predicted octanol–water partition coefficient (Wildman–Crippen LogP) is 0.474. The maximum absolute atomic E-state index is 11.7. The summed E-state index contributed by atoms with van der Waals surface area (Å²) >= 11 is 0. The highest BCUT2D eigenvalue weighted by Gasteiger charge is 2.21. The first-order chi connectivity index (χ1) is 8.67. The van der Waals surface area contributed by atoms with E-state index in [-0.39, 0.29) is 18.9 Å². The van der Waals surface area contributed by atoms with Gasteiger partial charge in [-0.05, 0) is 5.56 Å². The topological polar surface area (TPSA) is 75.6 Å². The van der Waals surface area contributed by atoms with Crippen molar-refractivity contribution in [3.8, 4) is 0 Å². The molecule has 2 N–H and O–H groups in total. The molecule has 18 heavy (non-hydrogen) atoms. The smallest absolute Gasteiger partial charge is 0.306 e. The number of aliphatic hydroxyl groups is 1. The van der Waals surface area contributed by atoms with Crippen molar-refractivity contribution in [3.05, 3.63) is 35.9 Å². The largest absolute Gasteiger partial charge is 0.469 e. The number of nitrogens with one attached hydrogen (secondary N) is 1. The van der Waals surface area contributed by atoms with E-state index in [4.69, 9.17) is 5.11 Å². The van der Waals surface area contributed by atoms with Crippen LogP contribution in [-0.4, -0.2) is 30.7 Å². The molecule has 0 aliphatic heterocycles. The second-order valence-electron chi connectivity index (χ2n) is 3.86. The first kappa shape index (κ1) is 14.2. The molecule has 98 valence electrons. The minimum Gasteiger partial charge on any atom is -0.469 e. The second kappa shape index (κ2) is 7.45. The number of carbonyl (C=O) groups is 2. The van der Waals surface area contributed by atoms with Gasteiger partial charge in [-0.25, -0.2) is 0 Å². The van der Waals surface area contributed by atoms with Gasteiger partial charge in [0.25, 0.3) is 0 Å². The predicted molar refractivity (Wildman–Crippen MR) is 65.5 cm³/mol. The molecule has 0 aromatic heterocycles. The van der Waals surface area contributed by atoms with Crippen LogP contribution in [0, 0.1) is 5.92 Å². The van der Waals surface area contributed by atoms with Crippen LogP contribution in [0.4, 0.5) is 0 Å². The lowest BCUT2D eigenvalue weighted by molar-refractivity contribution is -0.145. The van der Waals surface area contributed by atoms with Gasteiger partial charge in [-0.1, -0.05) is 30.3 Å². The molecule has 0 saturated carbocycles. The quantitative estimate of drug-likeness (QED) is 0.721. The molecule has 1 atom stereocenters. The Morgan fingerprint density at radius 3 is 2.56 bits per heavy atom. The number of hydrogen-bond acceptors (Lipinski definition) is 4. The monoisotopic (exact) mass is 251 g/mol. The minimum absolute atomic E-state index is 0.117. The average Bonchev–Trinajstić information content (AvgIpc) is 2.42. The zero-order chi connectivity index (χ0) is 13.4. The number of hydrogen-bond donors (Lipinski definition) is 2. The molecule has 1 aromatic rings. The zero-order valence-corrected chi connectivity index (χ0v) is 10.3. The standard InChI is InChI=1S/C13H17NO4/c1-18-12(16)7-11(9-15)13(17)14-8-10-5-3-2-4-6-10/h2-6,11,15H,7-9H2,1H3,(H,14,17)/t11-/m1/s1. The molecular weight excluding hydrogens is 234 g/mol. The van der Waals surface area contributed by atoms with E-state index in [1.54, 1.807) is 0 Å². The van der Waals surface area contributed by atoms with Gasteiger partial charge in [0.2, 0.25) is 5.91 Å². The third-order valence-corrected chi connectivity index (χ3v) is 2.54. The van der Waals surface area contributed by atoms with E-state index >= 15 is 0 Å².